The maximum absolute atomic E-state index is 6.01. The fourth-order valence-electron chi connectivity index (χ4n) is 1.94. The lowest BCUT2D eigenvalue weighted by molar-refractivity contribution is 0.436. The quantitative estimate of drug-likeness (QED) is 0.767. The highest BCUT2D eigenvalue weighted by Gasteiger charge is 2.19. The number of hydrogen-bond donors (Lipinski definition) is 1. The van der Waals surface area contributed by atoms with E-state index in [4.69, 9.17) is 33.5 Å². The molecule has 0 aliphatic heterocycles. The zero-order valence-electron chi connectivity index (χ0n) is 10.2. The lowest BCUT2D eigenvalue weighted by Crippen LogP contribution is -1.90. The molecule has 0 bridgehead atoms. The van der Waals surface area contributed by atoms with Crippen molar-refractivity contribution in [3.63, 3.8) is 0 Å². The Balaban J connectivity index is 2.21. The summed E-state index contributed by atoms with van der Waals surface area (Å²) in [7, 11) is 0. The van der Waals surface area contributed by atoms with E-state index in [9.17, 15) is 0 Å². The van der Waals surface area contributed by atoms with Crippen molar-refractivity contribution in [2.75, 3.05) is 5.73 Å². The molecule has 0 saturated carbocycles. The summed E-state index contributed by atoms with van der Waals surface area (Å²) in [5.74, 6) is 0.764. The Kier molecular flexibility index (Phi) is 3.34. The first-order valence-electron chi connectivity index (χ1n) is 5.78. The van der Waals surface area contributed by atoms with Gasteiger partial charge < -0.3 is 10.3 Å². The lowest BCUT2D eigenvalue weighted by Gasteiger charge is -2.03. The van der Waals surface area contributed by atoms with Gasteiger partial charge in [-0.3, -0.25) is 4.98 Å². The average molecular weight is 306 g/mol. The second-order valence-corrected chi connectivity index (χ2v) is 5.02. The number of pyridine rings is 1. The highest BCUT2D eigenvalue weighted by molar-refractivity contribution is 6.35. The molecule has 0 aliphatic rings. The summed E-state index contributed by atoms with van der Waals surface area (Å²) in [5.41, 5.74) is 7.88. The minimum atomic E-state index is 0.273. The summed E-state index contributed by atoms with van der Waals surface area (Å²) in [6.45, 7) is 0. The number of rotatable bonds is 2. The van der Waals surface area contributed by atoms with Crippen molar-refractivity contribution < 1.29 is 4.52 Å². The van der Waals surface area contributed by atoms with Gasteiger partial charge >= 0.3 is 0 Å². The van der Waals surface area contributed by atoms with Crippen molar-refractivity contribution in [3.8, 4) is 22.6 Å². The maximum Gasteiger partial charge on any atom is 0.178 e. The summed E-state index contributed by atoms with van der Waals surface area (Å²) < 4.78 is 5.31. The zero-order valence-corrected chi connectivity index (χ0v) is 11.7. The molecule has 0 saturated heterocycles. The molecular formula is C14H9Cl2N3O. The lowest BCUT2D eigenvalue weighted by atomic mass is 10.1. The number of nitrogens with zero attached hydrogens (tertiary/aromatic N) is 2. The molecule has 100 valence electrons. The summed E-state index contributed by atoms with van der Waals surface area (Å²) in [6, 6.07) is 10.6. The first kappa shape index (κ1) is 13.0. The summed E-state index contributed by atoms with van der Waals surface area (Å²) >= 11 is 12.0. The highest BCUT2D eigenvalue weighted by atomic mass is 35.5. The Bertz CT molecular complexity index is 736. The summed E-state index contributed by atoms with van der Waals surface area (Å²) in [4.78, 5) is 4.27. The van der Waals surface area contributed by atoms with Crippen molar-refractivity contribution in [2.45, 2.75) is 0 Å². The molecule has 2 heterocycles. The van der Waals surface area contributed by atoms with E-state index in [2.05, 4.69) is 10.1 Å². The van der Waals surface area contributed by atoms with Crippen molar-refractivity contribution in [3.05, 3.63) is 52.6 Å². The Morgan fingerprint density at radius 2 is 1.80 bits per heavy atom. The Morgan fingerprint density at radius 3 is 2.45 bits per heavy atom. The van der Waals surface area contributed by atoms with Crippen LogP contribution in [0.4, 0.5) is 5.82 Å². The molecule has 0 amide bonds. The van der Waals surface area contributed by atoms with Gasteiger partial charge in [0.15, 0.2) is 11.6 Å². The molecule has 1 aromatic carbocycles. The molecule has 2 N–H and O–H groups in total. The van der Waals surface area contributed by atoms with Gasteiger partial charge in [0.2, 0.25) is 0 Å². The van der Waals surface area contributed by atoms with Gasteiger partial charge in [-0.05, 0) is 30.3 Å². The molecule has 0 atom stereocenters. The van der Waals surface area contributed by atoms with E-state index < -0.39 is 0 Å². The zero-order chi connectivity index (χ0) is 14.1. The second kappa shape index (κ2) is 5.15. The molecule has 4 nitrogen and oxygen atoms in total. The Morgan fingerprint density at radius 1 is 1.05 bits per heavy atom. The van der Waals surface area contributed by atoms with Crippen LogP contribution in [0.3, 0.4) is 0 Å². The van der Waals surface area contributed by atoms with Gasteiger partial charge in [0.1, 0.15) is 0 Å². The largest absolute Gasteiger partial charge is 0.380 e. The van der Waals surface area contributed by atoms with Gasteiger partial charge in [-0.15, -0.1) is 0 Å². The second-order valence-electron chi connectivity index (χ2n) is 4.15. The van der Waals surface area contributed by atoms with Gasteiger partial charge in [0, 0.05) is 21.8 Å². The van der Waals surface area contributed by atoms with Gasteiger partial charge in [0.05, 0.1) is 11.3 Å². The van der Waals surface area contributed by atoms with Gasteiger partial charge in [-0.2, -0.15) is 0 Å². The van der Waals surface area contributed by atoms with E-state index in [-0.39, 0.29) is 5.82 Å². The van der Waals surface area contributed by atoms with E-state index in [0.29, 0.717) is 32.6 Å². The minimum absolute atomic E-state index is 0.273. The van der Waals surface area contributed by atoms with Gasteiger partial charge in [-0.25, -0.2) is 0 Å². The Labute approximate surface area is 125 Å². The van der Waals surface area contributed by atoms with E-state index in [0.717, 1.165) is 0 Å². The molecule has 3 aromatic rings. The van der Waals surface area contributed by atoms with Crippen LogP contribution in [0, 0.1) is 0 Å². The molecule has 0 aliphatic carbocycles. The van der Waals surface area contributed by atoms with Crippen LogP contribution in [-0.4, -0.2) is 10.1 Å². The van der Waals surface area contributed by atoms with Gasteiger partial charge in [-0.1, -0.05) is 34.4 Å². The van der Waals surface area contributed by atoms with Crippen molar-refractivity contribution in [1.82, 2.24) is 10.1 Å². The van der Waals surface area contributed by atoms with Crippen LogP contribution in [-0.2, 0) is 0 Å². The van der Waals surface area contributed by atoms with E-state index in [1.807, 2.05) is 18.2 Å². The number of halogens is 2. The molecule has 0 unspecified atom stereocenters. The Hall–Kier alpha value is -2.04. The van der Waals surface area contributed by atoms with Crippen LogP contribution >= 0.6 is 23.2 Å². The number of aromatic nitrogens is 2. The third-order valence-corrected chi connectivity index (χ3v) is 3.20. The smallest absolute Gasteiger partial charge is 0.178 e. The molecule has 3 rings (SSSR count). The molecular weight excluding hydrogens is 297 g/mol. The number of nitrogen functional groups attached to an aromatic ring is 1. The number of nitrogens with two attached hydrogens (primary N) is 1. The molecule has 0 fully saturated rings. The van der Waals surface area contributed by atoms with Crippen LogP contribution in [0.2, 0.25) is 10.0 Å². The molecule has 0 spiro atoms. The third-order valence-electron chi connectivity index (χ3n) is 2.76. The van der Waals surface area contributed by atoms with Crippen molar-refractivity contribution in [1.29, 1.82) is 0 Å². The van der Waals surface area contributed by atoms with Gasteiger partial charge in [0.25, 0.3) is 0 Å². The van der Waals surface area contributed by atoms with Crippen LogP contribution in [0.1, 0.15) is 0 Å². The third kappa shape index (κ3) is 2.35. The van der Waals surface area contributed by atoms with E-state index in [1.165, 1.54) is 0 Å². The predicted molar refractivity (Wildman–Crippen MR) is 79.6 cm³/mol. The minimum Gasteiger partial charge on any atom is -0.380 e. The molecule has 2 aromatic heterocycles. The summed E-state index contributed by atoms with van der Waals surface area (Å²) in [5, 5.41) is 4.82. The first-order valence-corrected chi connectivity index (χ1v) is 6.54. The van der Waals surface area contributed by atoms with Crippen LogP contribution < -0.4 is 5.73 Å². The molecule has 6 heteroatoms. The normalized spacial score (nSPS) is 10.7. The summed E-state index contributed by atoms with van der Waals surface area (Å²) in [6.07, 6.45) is 1.68. The SMILES string of the molecule is Nc1noc(-c2cc(Cl)cc(Cl)c2)c1-c1ccccn1. The van der Waals surface area contributed by atoms with Crippen LogP contribution in [0.15, 0.2) is 47.1 Å². The van der Waals surface area contributed by atoms with E-state index in [1.54, 1.807) is 24.4 Å². The topological polar surface area (TPSA) is 64.9 Å². The fraction of sp³-hybridized carbons (Fsp3) is 0. The predicted octanol–water partition coefficient (Wildman–Crippen LogP) is 4.29. The van der Waals surface area contributed by atoms with Crippen molar-refractivity contribution in [2.24, 2.45) is 0 Å². The fourth-order valence-corrected chi connectivity index (χ4v) is 2.47. The van der Waals surface area contributed by atoms with Crippen molar-refractivity contribution >= 4 is 29.0 Å². The number of benzene rings is 1. The standard InChI is InChI=1S/C14H9Cl2N3O/c15-9-5-8(6-10(16)7-9)13-12(14(17)19-20-13)11-3-1-2-4-18-11/h1-7H,(H2,17,19). The van der Waals surface area contributed by atoms with Crippen LogP contribution in [0.5, 0.6) is 0 Å². The molecule has 0 radical (unpaired) electrons. The highest BCUT2D eigenvalue weighted by Crippen LogP contribution is 2.37. The number of anilines is 1. The first-order chi connectivity index (χ1) is 9.65. The van der Waals surface area contributed by atoms with E-state index >= 15 is 0 Å². The monoisotopic (exact) mass is 305 g/mol. The number of hydrogen-bond acceptors (Lipinski definition) is 4. The maximum atomic E-state index is 6.01. The van der Waals surface area contributed by atoms with Crippen LogP contribution in [0.25, 0.3) is 22.6 Å². The average Bonchev–Trinajstić information content (AvgIpc) is 2.80. The molecule has 20 heavy (non-hydrogen) atoms.